The maximum atomic E-state index is 13.7. The number of pyridine rings is 1. The number of halogens is 4. The minimum Gasteiger partial charge on any atom is -0.406 e. The smallest absolute Gasteiger partial charge is 0.406 e. The predicted molar refractivity (Wildman–Crippen MR) is 113 cm³/mol. The number of benzene rings is 2. The van der Waals surface area contributed by atoms with Gasteiger partial charge in [0.2, 0.25) is 0 Å². The van der Waals surface area contributed by atoms with Gasteiger partial charge in [0.15, 0.2) is 11.4 Å². The summed E-state index contributed by atoms with van der Waals surface area (Å²) >= 11 is 5.80. The molecule has 1 amide bonds. The summed E-state index contributed by atoms with van der Waals surface area (Å²) in [7, 11) is 0. The van der Waals surface area contributed by atoms with Gasteiger partial charge in [-0.05, 0) is 48.5 Å². The lowest BCUT2D eigenvalue weighted by Crippen LogP contribution is -2.20. The topological polar surface area (TPSA) is 69.0 Å². The maximum Gasteiger partial charge on any atom is 0.437 e. The molecule has 0 bridgehead atoms. The zero-order valence-corrected chi connectivity index (χ0v) is 16.9. The van der Waals surface area contributed by atoms with Crippen LogP contribution in [-0.4, -0.2) is 20.9 Å². The number of nitrogens with one attached hydrogen (secondary N) is 1. The molecule has 0 atom stereocenters. The highest BCUT2D eigenvalue weighted by Gasteiger charge is 2.40. The van der Waals surface area contributed by atoms with Gasteiger partial charge in [0.25, 0.3) is 0 Å². The van der Waals surface area contributed by atoms with Gasteiger partial charge in [0.1, 0.15) is 0 Å². The van der Waals surface area contributed by atoms with Crippen LogP contribution < -0.4 is 10.1 Å². The number of hydrogen-bond acceptors (Lipinski definition) is 4. The van der Waals surface area contributed by atoms with Crippen molar-refractivity contribution in [1.29, 1.82) is 0 Å². The molecule has 162 valence electrons. The van der Waals surface area contributed by atoms with E-state index >= 15 is 0 Å². The highest BCUT2D eigenvalue weighted by atomic mass is 35.5. The van der Waals surface area contributed by atoms with Crippen molar-refractivity contribution in [2.75, 3.05) is 5.32 Å². The lowest BCUT2D eigenvalue weighted by molar-refractivity contribution is -0.143. The Kier molecular flexibility index (Phi) is 5.83. The highest BCUT2D eigenvalue weighted by molar-refractivity contribution is 6.30. The molecule has 0 radical (unpaired) electrons. The van der Waals surface area contributed by atoms with Crippen LogP contribution in [0.5, 0.6) is 5.75 Å². The first-order valence-corrected chi connectivity index (χ1v) is 9.60. The summed E-state index contributed by atoms with van der Waals surface area (Å²) in [6.07, 6.45) is -3.46. The summed E-state index contributed by atoms with van der Waals surface area (Å²) in [6.45, 7) is 0. The van der Waals surface area contributed by atoms with Crippen molar-refractivity contribution in [3.8, 4) is 22.7 Å². The van der Waals surface area contributed by atoms with Crippen LogP contribution in [0.2, 0.25) is 5.02 Å². The second kappa shape index (κ2) is 8.72. The van der Waals surface area contributed by atoms with E-state index in [9.17, 15) is 18.0 Å². The molecular weight excluding hydrogens is 445 g/mol. The van der Waals surface area contributed by atoms with E-state index in [4.69, 9.17) is 16.3 Å². The second-order valence-corrected chi connectivity index (χ2v) is 6.99. The van der Waals surface area contributed by atoms with E-state index < -0.39 is 23.7 Å². The Labute approximate surface area is 185 Å². The van der Waals surface area contributed by atoms with Crippen molar-refractivity contribution in [2.24, 2.45) is 0 Å². The zero-order chi connectivity index (χ0) is 22.7. The van der Waals surface area contributed by atoms with Crippen molar-refractivity contribution < 1.29 is 22.7 Å². The van der Waals surface area contributed by atoms with Crippen LogP contribution in [0.3, 0.4) is 0 Å². The van der Waals surface area contributed by atoms with Crippen LogP contribution in [0.15, 0.2) is 79.1 Å². The molecule has 10 heteroatoms. The molecule has 32 heavy (non-hydrogen) atoms. The van der Waals surface area contributed by atoms with Crippen molar-refractivity contribution in [3.63, 3.8) is 0 Å². The van der Waals surface area contributed by atoms with Crippen LogP contribution in [0, 0.1) is 0 Å². The molecule has 0 unspecified atom stereocenters. The lowest BCUT2D eigenvalue weighted by Gasteiger charge is -2.13. The van der Waals surface area contributed by atoms with E-state index in [-0.39, 0.29) is 5.69 Å². The van der Waals surface area contributed by atoms with Crippen LogP contribution >= 0.6 is 11.6 Å². The summed E-state index contributed by atoms with van der Waals surface area (Å²) in [5, 5.41) is 6.52. The molecular formula is C22H14ClF3N4O2. The third-order valence-electron chi connectivity index (χ3n) is 4.35. The summed E-state index contributed by atoms with van der Waals surface area (Å²) < 4.78 is 46.8. The highest BCUT2D eigenvalue weighted by Crippen LogP contribution is 2.38. The number of rotatable bonds is 4. The quantitative estimate of drug-likeness (QED) is 0.394. The molecule has 2 aromatic carbocycles. The van der Waals surface area contributed by atoms with Crippen LogP contribution in [0.25, 0.3) is 16.9 Å². The van der Waals surface area contributed by atoms with Gasteiger partial charge in [-0.15, -0.1) is 0 Å². The van der Waals surface area contributed by atoms with Gasteiger partial charge in [-0.3, -0.25) is 10.3 Å². The normalized spacial score (nSPS) is 11.2. The minimum absolute atomic E-state index is 0.111. The molecule has 0 aliphatic heterocycles. The number of aromatic nitrogens is 3. The molecule has 2 heterocycles. The standard InChI is InChI=1S/C22H14ClF3N4O2/c23-15-7-9-17(10-8-15)30-20(22(24,25)26)19(13-28-30)32-21(31)29-16-5-3-4-14(12-16)18-6-1-2-11-27-18/h1-13H,(H,29,31). The van der Waals surface area contributed by atoms with Gasteiger partial charge in [0.05, 0.1) is 17.6 Å². The van der Waals surface area contributed by atoms with Gasteiger partial charge < -0.3 is 4.74 Å². The molecule has 0 aliphatic rings. The number of amides is 1. The van der Waals surface area contributed by atoms with Crippen molar-refractivity contribution >= 4 is 23.4 Å². The first-order chi connectivity index (χ1) is 15.3. The molecule has 6 nitrogen and oxygen atoms in total. The fourth-order valence-electron chi connectivity index (χ4n) is 2.98. The largest absolute Gasteiger partial charge is 0.437 e. The number of alkyl halides is 3. The van der Waals surface area contributed by atoms with Crippen molar-refractivity contribution in [2.45, 2.75) is 6.18 Å². The first kappa shape index (κ1) is 21.4. The van der Waals surface area contributed by atoms with E-state index in [1.54, 1.807) is 42.6 Å². The minimum atomic E-state index is -4.83. The van der Waals surface area contributed by atoms with E-state index in [2.05, 4.69) is 15.4 Å². The third kappa shape index (κ3) is 4.73. The second-order valence-electron chi connectivity index (χ2n) is 6.55. The lowest BCUT2D eigenvalue weighted by atomic mass is 10.1. The van der Waals surface area contributed by atoms with Gasteiger partial charge in [-0.1, -0.05) is 29.8 Å². The number of hydrogen-bond donors (Lipinski definition) is 1. The number of ether oxygens (including phenoxy) is 1. The monoisotopic (exact) mass is 458 g/mol. The van der Waals surface area contributed by atoms with Crippen LogP contribution in [0.1, 0.15) is 5.69 Å². The molecule has 0 saturated carbocycles. The molecule has 2 aromatic heterocycles. The molecule has 0 aliphatic carbocycles. The van der Waals surface area contributed by atoms with Gasteiger partial charge in [-0.25, -0.2) is 9.48 Å². The van der Waals surface area contributed by atoms with Crippen molar-refractivity contribution in [1.82, 2.24) is 14.8 Å². The number of anilines is 1. The Morgan fingerprint density at radius 1 is 1.03 bits per heavy atom. The molecule has 4 aromatic rings. The van der Waals surface area contributed by atoms with Crippen LogP contribution in [-0.2, 0) is 6.18 Å². The third-order valence-corrected chi connectivity index (χ3v) is 4.60. The Morgan fingerprint density at radius 2 is 1.81 bits per heavy atom. The number of nitrogens with zero attached hydrogens (tertiary/aromatic N) is 3. The van der Waals surface area contributed by atoms with Gasteiger partial charge in [0, 0.05) is 22.5 Å². The van der Waals surface area contributed by atoms with E-state index in [0.29, 0.717) is 21.1 Å². The van der Waals surface area contributed by atoms with Crippen molar-refractivity contribution in [3.05, 3.63) is 89.8 Å². The van der Waals surface area contributed by atoms with E-state index in [0.717, 1.165) is 11.8 Å². The van der Waals surface area contributed by atoms with Gasteiger partial charge in [-0.2, -0.15) is 18.3 Å². The number of carbonyl (C=O) groups is 1. The Balaban J connectivity index is 1.57. The average Bonchev–Trinajstić information content (AvgIpc) is 3.19. The molecule has 0 spiro atoms. The summed E-state index contributed by atoms with van der Waals surface area (Å²) in [4.78, 5) is 16.6. The first-order valence-electron chi connectivity index (χ1n) is 9.23. The van der Waals surface area contributed by atoms with E-state index in [1.165, 1.54) is 24.3 Å². The SMILES string of the molecule is O=C(Nc1cccc(-c2ccccn2)c1)Oc1cnn(-c2ccc(Cl)cc2)c1C(F)(F)F. The van der Waals surface area contributed by atoms with Gasteiger partial charge >= 0.3 is 12.3 Å². The molecule has 4 rings (SSSR count). The van der Waals surface area contributed by atoms with Crippen LogP contribution in [0.4, 0.5) is 23.7 Å². The molecule has 0 saturated heterocycles. The molecule has 0 fully saturated rings. The maximum absolute atomic E-state index is 13.7. The average molecular weight is 459 g/mol. The Hall–Kier alpha value is -3.85. The Bertz CT molecular complexity index is 1240. The molecule has 1 N–H and O–H groups in total. The summed E-state index contributed by atoms with van der Waals surface area (Å²) in [5.41, 5.74) is 0.608. The number of carbonyl (C=O) groups excluding carboxylic acids is 1. The zero-order valence-electron chi connectivity index (χ0n) is 16.2. The fraction of sp³-hybridized carbons (Fsp3) is 0.0455. The summed E-state index contributed by atoms with van der Waals surface area (Å²) in [5.74, 6) is -0.731. The summed E-state index contributed by atoms with van der Waals surface area (Å²) in [6, 6.07) is 17.7. The van der Waals surface area contributed by atoms with E-state index in [1.807, 2.05) is 6.07 Å². The predicted octanol–water partition coefficient (Wildman–Crippen LogP) is 6.22. The fourth-order valence-corrected chi connectivity index (χ4v) is 3.10. The Morgan fingerprint density at radius 3 is 2.50 bits per heavy atom.